The highest BCUT2D eigenvalue weighted by atomic mass is 16.5. The van der Waals surface area contributed by atoms with Crippen molar-refractivity contribution in [2.75, 3.05) is 46.8 Å². The Morgan fingerprint density at radius 3 is 2.55 bits per heavy atom. The summed E-state index contributed by atoms with van der Waals surface area (Å²) in [7, 11) is 3.51. The van der Waals surface area contributed by atoms with Crippen LogP contribution in [0.3, 0.4) is 0 Å². The van der Waals surface area contributed by atoms with Gasteiger partial charge in [0.05, 0.1) is 6.54 Å². The zero-order valence-corrected chi connectivity index (χ0v) is 17.1. The monoisotopic (exact) mass is 401 g/mol. The van der Waals surface area contributed by atoms with Gasteiger partial charge in [0.2, 0.25) is 17.6 Å². The average Bonchev–Trinajstić information content (AvgIpc) is 2.99. The van der Waals surface area contributed by atoms with Crippen LogP contribution in [0.1, 0.15) is 28.5 Å². The van der Waals surface area contributed by atoms with Gasteiger partial charge in [-0.05, 0) is 30.7 Å². The molecule has 9 heteroatoms. The number of nitrogens with zero attached hydrogens (tertiary/aromatic N) is 5. The SMILES string of the molecule is Cc1nc(COc2ccc(C(=O)N3CCCN(CC(=O)N(C)C)CC3)cc2)no1. The van der Waals surface area contributed by atoms with Crippen molar-refractivity contribution in [3.05, 3.63) is 41.5 Å². The molecule has 0 atom stereocenters. The predicted molar refractivity (Wildman–Crippen MR) is 105 cm³/mol. The molecule has 156 valence electrons. The second kappa shape index (κ2) is 9.51. The van der Waals surface area contributed by atoms with E-state index in [0.717, 1.165) is 13.0 Å². The Hall–Kier alpha value is -2.94. The Kier molecular flexibility index (Phi) is 6.82. The van der Waals surface area contributed by atoms with E-state index in [-0.39, 0.29) is 18.4 Å². The van der Waals surface area contributed by atoms with E-state index in [0.29, 0.717) is 49.2 Å². The van der Waals surface area contributed by atoms with Crippen LogP contribution in [0.2, 0.25) is 0 Å². The number of aromatic nitrogens is 2. The van der Waals surface area contributed by atoms with Gasteiger partial charge in [-0.25, -0.2) is 0 Å². The molecular formula is C20H27N5O4. The fourth-order valence-corrected chi connectivity index (χ4v) is 3.09. The minimum atomic E-state index is -0.00821. The topological polar surface area (TPSA) is 92.0 Å². The maximum atomic E-state index is 12.8. The Morgan fingerprint density at radius 1 is 1.14 bits per heavy atom. The molecule has 0 bridgehead atoms. The molecular weight excluding hydrogens is 374 g/mol. The Labute approximate surface area is 170 Å². The Morgan fingerprint density at radius 2 is 1.90 bits per heavy atom. The standard InChI is InChI=1S/C20H27N5O4/c1-15-21-18(22-29-15)14-28-17-7-5-16(6-8-17)20(27)25-10-4-9-24(11-12-25)13-19(26)23(2)3/h5-8H,4,9-14H2,1-3H3. The van der Waals surface area contributed by atoms with E-state index in [9.17, 15) is 9.59 Å². The lowest BCUT2D eigenvalue weighted by atomic mass is 10.2. The fourth-order valence-electron chi connectivity index (χ4n) is 3.09. The second-order valence-corrected chi connectivity index (χ2v) is 7.25. The molecule has 9 nitrogen and oxygen atoms in total. The lowest BCUT2D eigenvalue weighted by molar-refractivity contribution is -0.129. The quantitative estimate of drug-likeness (QED) is 0.718. The van der Waals surface area contributed by atoms with E-state index in [1.807, 2.05) is 4.90 Å². The number of hydrogen-bond acceptors (Lipinski definition) is 7. The Bertz CT molecular complexity index is 834. The van der Waals surface area contributed by atoms with Gasteiger partial charge in [0.15, 0.2) is 6.61 Å². The van der Waals surface area contributed by atoms with Crippen LogP contribution >= 0.6 is 0 Å². The first kappa shape index (κ1) is 20.8. The summed E-state index contributed by atoms with van der Waals surface area (Å²) in [6, 6.07) is 7.05. The normalized spacial score (nSPS) is 15.1. The van der Waals surface area contributed by atoms with Crippen LogP contribution in [0.5, 0.6) is 5.75 Å². The van der Waals surface area contributed by atoms with Gasteiger partial charge in [-0.15, -0.1) is 0 Å². The molecule has 1 aliphatic heterocycles. The van der Waals surface area contributed by atoms with Crippen LogP contribution < -0.4 is 4.74 Å². The molecule has 2 aromatic rings. The van der Waals surface area contributed by atoms with Crippen molar-refractivity contribution in [3.8, 4) is 5.75 Å². The smallest absolute Gasteiger partial charge is 0.253 e. The van der Waals surface area contributed by atoms with Gasteiger partial charge < -0.3 is 19.1 Å². The number of hydrogen-bond donors (Lipinski definition) is 0. The van der Waals surface area contributed by atoms with Crippen molar-refractivity contribution in [1.82, 2.24) is 24.8 Å². The summed E-state index contributed by atoms with van der Waals surface area (Å²) in [5.41, 5.74) is 0.616. The van der Waals surface area contributed by atoms with Crippen LogP contribution in [0.4, 0.5) is 0 Å². The van der Waals surface area contributed by atoms with Crippen molar-refractivity contribution < 1.29 is 18.8 Å². The molecule has 0 saturated carbocycles. The number of likely N-dealkylation sites (N-methyl/N-ethyl adjacent to an activating group) is 1. The lowest BCUT2D eigenvalue weighted by Gasteiger charge is -2.23. The van der Waals surface area contributed by atoms with E-state index < -0.39 is 0 Å². The molecule has 2 amide bonds. The largest absolute Gasteiger partial charge is 0.485 e. The Balaban J connectivity index is 1.52. The van der Waals surface area contributed by atoms with E-state index in [1.54, 1.807) is 50.2 Å². The van der Waals surface area contributed by atoms with Crippen LogP contribution in [-0.4, -0.2) is 83.5 Å². The van der Waals surface area contributed by atoms with Crippen molar-refractivity contribution in [2.24, 2.45) is 0 Å². The van der Waals surface area contributed by atoms with E-state index in [4.69, 9.17) is 9.26 Å². The molecule has 29 heavy (non-hydrogen) atoms. The lowest BCUT2D eigenvalue weighted by Crippen LogP contribution is -2.39. The summed E-state index contributed by atoms with van der Waals surface area (Å²) in [5.74, 6) is 1.67. The first-order valence-electron chi connectivity index (χ1n) is 9.66. The van der Waals surface area contributed by atoms with E-state index in [2.05, 4.69) is 15.0 Å². The summed E-state index contributed by atoms with van der Waals surface area (Å²) in [6.45, 7) is 5.11. The van der Waals surface area contributed by atoms with Gasteiger partial charge in [-0.3, -0.25) is 14.5 Å². The number of rotatable bonds is 6. The highest BCUT2D eigenvalue weighted by Crippen LogP contribution is 2.16. The zero-order valence-electron chi connectivity index (χ0n) is 17.1. The minimum absolute atomic E-state index is 0.00821. The fraction of sp³-hybridized carbons (Fsp3) is 0.500. The predicted octanol–water partition coefficient (Wildman–Crippen LogP) is 1.19. The number of amides is 2. The van der Waals surface area contributed by atoms with Gasteiger partial charge in [0.1, 0.15) is 5.75 Å². The average molecular weight is 401 g/mol. The second-order valence-electron chi connectivity index (χ2n) is 7.25. The molecule has 3 rings (SSSR count). The highest BCUT2D eigenvalue weighted by Gasteiger charge is 2.22. The third-order valence-corrected chi connectivity index (χ3v) is 4.77. The summed E-state index contributed by atoms with van der Waals surface area (Å²) in [5, 5.41) is 3.78. The van der Waals surface area contributed by atoms with Gasteiger partial charge in [0.25, 0.3) is 5.91 Å². The minimum Gasteiger partial charge on any atom is -0.485 e. The molecule has 0 spiro atoms. The highest BCUT2D eigenvalue weighted by molar-refractivity contribution is 5.94. The molecule has 2 heterocycles. The number of carbonyl (C=O) groups excluding carboxylic acids is 2. The number of aryl methyl sites for hydroxylation is 1. The van der Waals surface area contributed by atoms with Crippen LogP contribution in [0.15, 0.2) is 28.8 Å². The van der Waals surface area contributed by atoms with E-state index in [1.165, 1.54) is 0 Å². The zero-order chi connectivity index (χ0) is 20.8. The molecule has 0 unspecified atom stereocenters. The summed E-state index contributed by atoms with van der Waals surface area (Å²) in [4.78, 5) is 34.4. The third-order valence-electron chi connectivity index (χ3n) is 4.77. The van der Waals surface area contributed by atoms with Crippen molar-refractivity contribution >= 4 is 11.8 Å². The molecule has 1 fully saturated rings. The molecule has 0 aliphatic carbocycles. The van der Waals surface area contributed by atoms with Gasteiger partial charge in [0, 0.05) is 52.8 Å². The van der Waals surface area contributed by atoms with Crippen LogP contribution in [-0.2, 0) is 11.4 Å². The van der Waals surface area contributed by atoms with Gasteiger partial charge in [-0.2, -0.15) is 4.98 Å². The maximum absolute atomic E-state index is 12.8. The summed E-state index contributed by atoms with van der Waals surface area (Å²) >= 11 is 0. The third kappa shape index (κ3) is 5.77. The molecule has 0 radical (unpaired) electrons. The summed E-state index contributed by atoms with van der Waals surface area (Å²) < 4.78 is 10.5. The van der Waals surface area contributed by atoms with Crippen LogP contribution in [0, 0.1) is 6.92 Å². The molecule has 0 N–H and O–H groups in total. The molecule has 1 aromatic heterocycles. The molecule has 1 aromatic carbocycles. The first-order chi connectivity index (χ1) is 13.9. The van der Waals surface area contributed by atoms with Crippen molar-refractivity contribution in [2.45, 2.75) is 20.0 Å². The van der Waals surface area contributed by atoms with Gasteiger partial charge in [-0.1, -0.05) is 5.16 Å². The van der Waals surface area contributed by atoms with Crippen LogP contribution in [0.25, 0.3) is 0 Å². The number of carbonyl (C=O) groups is 2. The molecule has 1 aliphatic rings. The molecule has 1 saturated heterocycles. The van der Waals surface area contributed by atoms with Crippen molar-refractivity contribution in [1.29, 1.82) is 0 Å². The number of benzene rings is 1. The van der Waals surface area contributed by atoms with Crippen molar-refractivity contribution in [3.63, 3.8) is 0 Å². The van der Waals surface area contributed by atoms with Gasteiger partial charge >= 0.3 is 0 Å². The van der Waals surface area contributed by atoms with E-state index >= 15 is 0 Å². The summed E-state index contributed by atoms with van der Waals surface area (Å²) in [6.07, 6.45) is 0.845. The first-order valence-corrected chi connectivity index (χ1v) is 9.66. The number of ether oxygens (including phenoxy) is 1. The maximum Gasteiger partial charge on any atom is 0.253 e.